The Balaban J connectivity index is 1.63. The number of hydrogen-bond donors (Lipinski definition) is 1. The van der Waals surface area contributed by atoms with Crippen LogP contribution in [0.2, 0.25) is 0 Å². The van der Waals surface area contributed by atoms with Crippen molar-refractivity contribution in [3.63, 3.8) is 0 Å². The molecule has 1 aromatic heterocycles. The van der Waals surface area contributed by atoms with Crippen molar-refractivity contribution in [1.82, 2.24) is 9.80 Å². The maximum atomic E-state index is 12.7. The van der Waals surface area contributed by atoms with E-state index < -0.39 is 0 Å². The average Bonchev–Trinajstić information content (AvgIpc) is 3.15. The Bertz CT molecular complexity index is 646. The minimum absolute atomic E-state index is 0.0699. The van der Waals surface area contributed by atoms with E-state index in [2.05, 4.69) is 4.90 Å². The number of benzene rings is 1. The summed E-state index contributed by atoms with van der Waals surface area (Å²) in [5.41, 5.74) is 1.88. The number of aliphatic hydroxyl groups excluding tert-OH is 1. The molecular formula is C20H26N2O3. The maximum absolute atomic E-state index is 12.7. The molecule has 5 heteroatoms. The highest BCUT2D eigenvalue weighted by Gasteiger charge is 2.17. The summed E-state index contributed by atoms with van der Waals surface area (Å²) in [7, 11) is 0. The highest BCUT2D eigenvalue weighted by molar-refractivity contribution is 5.94. The summed E-state index contributed by atoms with van der Waals surface area (Å²) in [5.74, 6) is 0.624. The van der Waals surface area contributed by atoms with Crippen LogP contribution >= 0.6 is 0 Å². The van der Waals surface area contributed by atoms with E-state index in [9.17, 15) is 9.90 Å². The van der Waals surface area contributed by atoms with E-state index in [1.54, 1.807) is 17.2 Å². The van der Waals surface area contributed by atoms with Gasteiger partial charge in [-0.3, -0.25) is 9.69 Å². The van der Waals surface area contributed by atoms with Gasteiger partial charge in [-0.15, -0.1) is 0 Å². The van der Waals surface area contributed by atoms with Gasteiger partial charge in [0.25, 0.3) is 5.91 Å². The molecule has 0 unspecified atom stereocenters. The molecule has 1 saturated heterocycles. The van der Waals surface area contributed by atoms with Gasteiger partial charge in [0.15, 0.2) is 0 Å². The zero-order chi connectivity index (χ0) is 17.5. The SMILES string of the molecule is O=C(c1ccc(CN2CCCCC2)cc1)N(CCO)Cc1ccco1. The van der Waals surface area contributed by atoms with Gasteiger partial charge in [0, 0.05) is 18.7 Å². The molecule has 1 amide bonds. The van der Waals surface area contributed by atoms with E-state index in [0.29, 0.717) is 17.9 Å². The topological polar surface area (TPSA) is 56.9 Å². The number of carbonyl (C=O) groups is 1. The van der Waals surface area contributed by atoms with Gasteiger partial charge in [-0.05, 0) is 55.8 Å². The molecule has 1 fully saturated rings. The number of carbonyl (C=O) groups excluding carboxylic acids is 1. The summed E-state index contributed by atoms with van der Waals surface area (Å²) >= 11 is 0. The molecule has 2 heterocycles. The van der Waals surface area contributed by atoms with E-state index in [0.717, 1.165) is 19.6 Å². The lowest BCUT2D eigenvalue weighted by Gasteiger charge is -2.26. The molecule has 1 aliphatic heterocycles. The van der Waals surface area contributed by atoms with Crippen LogP contribution < -0.4 is 0 Å². The molecule has 1 N–H and O–H groups in total. The maximum Gasteiger partial charge on any atom is 0.254 e. The summed E-state index contributed by atoms with van der Waals surface area (Å²) in [6, 6.07) is 11.5. The summed E-state index contributed by atoms with van der Waals surface area (Å²) in [6.07, 6.45) is 5.48. The van der Waals surface area contributed by atoms with Gasteiger partial charge < -0.3 is 14.4 Å². The Morgan fingerprint density at radius 1 is 1.12 bits per heavy atom. The highest BCUT2D eigenvalue weighted by atomic mass is 16.3. The molecule has 0 saturated carbocycles. The first-order valence-corrected chi connectivity index (χ1v) is 9.00. The van der Waals surface area contributed by atoms with Gasteiger partial charge in [-0.25, -0.2) is 0 Å². The van der Waals surface area contributed by atoms with Gasteiger partial charge >= 0.3 is 0 Å². The third-order valence-corrected chi connectivity index (χ3v) is 4.64. The number of likely N-dealkylation sites (tertiary alicyclic amines) is 1. The van der Waals surface area contributed by atoms with Crippen LogP contribution in [0, 0.1) is 0 Å². The first kappa shape index (κ1) is 17.7. The molecule has 3 rings (SSSR count). The van der Waals surface area contributed by atoms with E-state index in [4.69, 9.17) is 4.42 Å². The van der Waals surface area contributed by atoms with Crippen LogP contribution in [0.4, 0.5) is 0 Å². The Labute approximate surface area is 148 Å². The third-order valence-electron chi connectivity index (χ3n) is 4.64. The molecule has 1 aromatic carbocycles. The van der Waals surface area contributed by atoms with Gasteiger partial charge in [0.05, 0.1) is 19.4 Å². The van der Waals surface area contributed by atoms with Gasteiger partial charge in [0.2, 0.25) is 0 Å². The van der Waals surface area contributed by atoms with Crippen LogP contribution in [0.25, 0.3) is 0 Å². The van der Waals surface area contributed by atoms with Crippen molar-refractivity contribution < 1.29 is 14.3 Å². The van der Waals surface area contributed by atoms with Crippen LogP contribution in [-0.2, 0) is 13.1 Å². The minimum Gasteiger partial charge on any atom is -0.467 e. The first-order chi connectivity index (χ1) is 12.3. The van der Waals surface area contributed by atoms with Crippen LogP contribution in [0.5, 0.6) is 0 Å². The fourth-order valence-electron chi connectivity index (χ4n) is 3.27. The molecule has 2 aromatic rings. The molecule has 0 radical (unpaired) electrons. The Morgan fingerprint density at radius 3 is 2.52 bits per heavy atom. The molecule has 5 nitrogen and oxygen atoms in total. The lowest BCUT2D eigenvalue weighted by atomic mass is 10.1. The van der Waals surface area contributed by atoms with E-state index in [-0.39, 0.29) is 19.1 Å². The highest BCUT2D eigenvalue weighted by Crippen LogP contribution is 2.15. The lowest BCUT2D eigenvalue weighted by molar-refractivity contribution is 0.0695. The van der Waals surface area contributed by atoms with Gasteiger partial charge in [-0.1, -0.05) is 18.6 Å². The molecule has 134 valence electrons. The number of piperidine rings is 1. The number of aliphatic hydroxyl groups is 1. The quantitative estimate of drug-likeness (QED) is 0.841. The van der Waals surface area contributed by atoms with Crippen molar-refractivity contribution in [3.05, 3.63) is 59.5 Å². The monoisotopic (exact) mass is 342 g/mol. The van der Waals surface area contributed by atoms with Crippen molar-refractivity contribution in [2.75, 3.05) is 26.2 Å². The third kappa shape index (κ3) is 4.94. The normalized spacial score (nSPS) is 15.2. The predicted molar refractivity (Wildman–Crippen MR) is 96.1 cm³/mol. The van der Waals surface area contributed by atoms with E-state index >= 15 is 0 Å². The molecule has 1 aliphatic rings. The van der Waals surface area contributed by atoms with Gasteiger partial charge in [-0.2, -0.15) is 0 Å². The Kier molecular flexibility index (Phi) is 6.25. The van der Waals surface area contributed by atoms with Crippen molar-refractivity contribution in [2.45, 2.75) is 32.4 Å². The second-order valence-corrected chi connectivity index (χ2v) is 6.56. The number of furan rings is 1. The van der Waals surface area contributed by atoms with E-state index in [1.807, 2.05) is 30.3 Å². The van der Waals surface area contributed by atoms with Crippen LogP contribution in [0.3, 0.4) is 0 Å². The molecule has 0 bridgehead atoms. The first-order valence-electron chi connectivity index (χ1n) is 9.00. The number of rotatable bonds is 7. The van der Waals surface area contributed by atoms with Crippen molar-refractivity contribution in [3.8, 4) is 0 Å². The van der Waals surface area contributed by atoms with Crippen LogP contribution in [0.15, 0.2) is 47.1 Å². The fraction of sp³-hybridized carbons (Fsp3) is 0.450. The predicted octanol–water partition coefficient (Wildman–Crippen LogP) is 2.90. The van der Waals surface area contributed by atoms with Crippen LogP contribution in [0.1, 0.15) is 40.9 Å². The lowest BCUT2D eigenvalue weighted by Crippen LogP contribution is -2.33. The molecule has 0 aliphatic carbocycles. The summed E-state index contributed by atoms with van der Waals surface area (Å²) < 4.78 is 5.32. The number of amides is 1. The largest absolute Gasteiger partial charge is 0.467 e. The van der Waals surface area contributed by atoms with Gasteiger partial charge in [0.1, 0.15) is 5.76 Å². The molecule has 0 atom stereocenters. The second kappa shape index (κ2) is 8.83. The molecule has 0 spiro atoms. The second-order valence-electron chi connectivity index (χ2n) is 6.56. The average molecular weight is 342 g/mol. The zero-order valence-corrected chi connectivity index (χ0v) is 14.6. The van der Waals surface area contributed by atoms with Crippen molar-refractivity contribution >= 4 is 5.91 Å². The molecular weight excluding hydrogens is 316 g/mol. The zero-order valence-electron chi connectivity index (χ0n) is 14.6. The summed E-state index contributed by atoms with van der Waals surface area (Å²) in [5, 5.41) is 9.26. The summed E-state index contributed by atoms with van der Waals surface area (Å²) in [6.45, 7) is 3.85. The Hall–Kier alpha value is -2.11. The fourth-order valence-corrected chi connectivity index (χ4v) is 3.27. The number of hydrogen-bond acceptors (Lipinski definition) is 4. The standard InChI is InChI=1S/C20H26N2O3/c23-13-12-22(16-19-5-4-14-25-19)20(24)18-8-6-17(7-9-18)15-21-10-2-1-3-11-21/h4-9,14,23H,1-3,10-13,15-16H2. The summed E-state index contributed by atoms with van der Waals surface area (Å²) in [4.78, 5) is 16.8. The minimum atomic E-state index is -0.0880. The Morgan fingerprint density at radius 2 is 1.88 bits per heavy atom. The smallest absolute Gasteiger partial charge is 0.254 e. The van der Waals surface area contributed by atoms with Crippen LogP contribution in [-0.4, -0.2) is 47.1 Å². The van der Waals surface area contributed by atoms with Crippen molar-refractivity contribution in [2.24, 2.45) is 0 Å². The van der Waals surface area contributed by atoms with Crippen molar-refractivity contribution in [1.29, 1.82) is 0 Å². The number of nitrogens with zero attached hydrogens (tertiary/aromatic N) is 2. The molecule has 25 heavy (non-hydrogen) atoms. The van der Waals surface area contributed by atoms with E-state index in [1.165, 1.54) is 24.8 Å².